The van der Waals surface area contributed by atoms with Gasteiger partial charge in [0.2, 0.25) is 0 Å². The highest BCUT2D eigenvalue weighted by Crippen LogP contribution is 2.45. The van der Waals surface area contributed by atoms with Gasteiger partial charge in [-0.1, -0.05) is 318 Å². The molecule has 0 aromatic rings. The fourth-order valence-electron chi connectivity index (χ4n) is 10.9. The molecule has 0 heterocycles. The van der Waals surface area contributed by atoms with E-state index < -0.39 is 97.5 Å². The molecule has 0 aliphatic heterocycles. The van der Waals surface area contributed by atoms with Gasteiger partial charge >= 0.3 is 39.5 Å². The van der Waals surface area contributed by atoms with Crippen LogP contribution >= 0.6 is 15.6 Å². The predicted octanol–water partition coefficient (Wildman–Crippen LogP) is 20.8. The van der Waals surface area contributed by atoms with Crippen LogP contribution in [0.15, 0.2) is 0 Å². The highest BCUT2D eigenvalue weighted by Gasteiger charge is 2.30. The first-order chi connectivity index (χ1) is 43.9. The predicted molar refractivity (Wildman–Crippen MR) is 368 cm³/mol. The Morgan fingerprint density at radius 3 is 0.835 bits per heavy atom. The van der Waals surface area contributed by atoms with Gasteiger partial charge in [-0.25, -0.2) is 9.13 Å². The smallest absolute Gasteiger partial charge is 0.462 e. The van der Waals surface area contributed by atoms with E-state index in [1.54, 1.807) is 0 Å². The van der Waals surface area contributed by atoms with Crippen LogP contribution in [-0.4, -0.2) is 96.7 Å². The molecule has 91 heavy (non-hydrogen) atoms. The van der Waals surface area contributed by atoms with E-state index in [-0.39, 0.29) is 25.7 Å². The molecule has 17 nitrogen and oxygen atoms in total. The number of ether oxygens (including phenoxy) is 4. The zero-order chi connectivity index (χ0) is 67.2. The van der Waals surface area contributed by atoms with E-state index in [2.05, 4.69) is 41.5 Å². The van der Waals surface area contributed by atoms with Crippen LogP contribution in [0.25, 0.3) is 0 Å². The molecule has 3 N–H and O–H groups in total. The second-order valence-corrected chi connectivity index (χ2v) is 29.6. The number of hydrogen-bond acceptors (Lipinski definition) is 15. The number of aliphatic hydroxyl groups excluding tert-OH is 1. The Morgan fingerprint density at radius 2 is 0.560 bits per heavy atom. The van der Waals surface area contributed by atoms with Crippen LogP contribution in [0.5, 0.6) is 0 Å². The Bertz CT molecular complexity index is 1770. The van der Waals surface area contributed by atoms with Gasteiger partial charge in [-0.05, 0) is 37.5 Å². The number of carbonyl (C=O) groups excluding carboxylic acids is 4. The first-order valence-corrected chi connectivity index (χ1v) is 40.5. The van der Waals surface area contributed by atoms with Crippen molar-refractivity contribution in [3.63, 3.8) is 0 Å². The van der Waals surface area contributed by atoms with Gasteiger partial charge in [0.1, 0.15) is 19.3 Å². The van der Waals surface area contributed by atoms with Gasteiger partial charge in [0.15, 0.2) is 12.2 Å². The molecule has 6 atom stereocenters. The fourth-order valence-corrected chi connectivity index (χ4v) is 12.5. The quantitative estimate of drug-likeness (QED) is 0.0222. The van der Waals surface area contributed by atoms with E-state index in [1.165, 1.54) is 186 Å². The van der Waals surface area contributed by atoms with Gasteiger partial charge in [-0.15, -0.1) is 0 Å². The SMILES string of the molecule is CCCCCCCCCCCCCCCCCC(=O)O[C@H](COC(=O)CCCCCCCCCCCCCC(C)C)COP(=O)(O)OC[C@@H](O)COP(=O)(O)OC[C@@H](COC(=O)CCCCCCCCCCCC)OC(=O)CCCCCCCCCCC(C)CC. The van der Waals surface area contributed by atoms with E-state index >= 15 is 0 Å². The van der Waals surface area contributed by atoms with Crippen molar-refractivity contribution in [2.24, 2.45) is 11.8 Å². The molecule has 0 saturated heterocycles. The number of phosphoric acid groups is 2. The van der Waals surface area contributed by atoms with Crippen LogP contribution in [-0.2, 0) is 65.4 Å². The maximum absolute atomic E-state index is 13.0. The summed E-state index contributed by atoms with van der Waals surface area (Å²) in [4.78, 5) is 72.6. The Morgan fingerprint density at radius 1 is 0.319 bits per heavy atom. The average molecular weight is 1340 g/mol. The van der Waals surface area contributed by atoms with Crippen molar-refractivity contribution in [2.45, 2.75) is 387 Å². The lowest BCUT2D eigenvalue weighted by molar-refractivity contribution is -0.161. The molecule has 0 aliphatic carbocycles. The second-order valence-electron chi connectivity index (χ2n) is 26.7. The molecule has 0 aromatic carbocycles. The average Bonchev–Trinajstić information content (AvgIpc) is 2.28. The van der Waals surface area contributed by atoms with Crippen molar-refractivity contribution in [2.75, 3.05) is 39.6 Å². The van der Waals surface area contributed by atoms with E-state index in [4.69, 9.17) is 37.0 Å². The molecule has 0 saturated carbocycles. The number of hydrogen-bond donors (Lipinski definition) is 3. The number of rotatable bonds is 71. The normalized spacial score (nSPS) is 14.4. The van der Waals surface area contributed by atoms with Crippen molar-refractivity contribution in [1.29, 1.82) is 0 Å². The summed E-state index contributed by atoms with van der Waals surface area (Å²) in [5, 5.41) is 10.6. The molecule has 0 amide bonds. The Hall–Kier alpha value is -1.94. The highest BCUT2D eigenvalue weighted by atomic mass is 31.2. The van der Waals surface area contributed by atoms with Crippen LogP contribution in [0.3, 0.4) is 0 Å². The lowest BCUT2D eigenvalue weighted by atomic mass is 9.99. The molecule has 0 aliphatic rings. The van der Waals surface area contributed by atoms with E-state index in [9.17, 15) is 43.2 Å². The molecule has 19 heteroatoms. The summed E-state index contributed by atoms with van der Waals surface area (Å²) in [6.45, 7) is 9.56. The zero-order valence-electron chi connectivity index (χ0n) is 59.1. The Balaban J connectivity index is 5.26. The summed E-state index contributed by atoms with van der Waals surface area (Å²) in [6, 6.07) is 0. The maximum atomic E-state index is 13.0. The van der Waals surface area contributed by atoms with Crippen molar-refractivity contribution < 1.29 is 80.2 Å². The summed E-state index contributed by atoms with van der Waals surface area (Å²) in [5.41, 5.74) is 0. The van der Waals surface area contributed by atoms with Crippen LogP contribution in [0.2, 0.25) is 0 Å². The number of unbranched alkanes of at least 4 members (excludes halogenated alkanes) is 40. The van der Waals surface area contributed by atoms with Crippen LogP contribution < -0.4 is 0 Å². The van der Waals surface area contributed by atoms with Crippen LogP contribution in [0, 0.1) is 11.8 Å². The van der Waals surface area contributed by atoms with Gasteiger partial charge < -0.3 is 33.8 Å². The minimum Gasteiger partial charge on any atom is -0.462 e. The number of esters is 4. The Kier molecular flexibility index (Phi) is 62.7. The number of phosphoric ester groups is 2. The minimum absolute atomic E-state index is 0.105. The monoisotopic (exact) mass is 1340 g/mol. The molecule has 0 spiro atoms. The standard InChI is InChI=1S/C72H140O17P2/c1-7-10-12-14-16-18-20-21-22-23-26-31-38-44-50-56-71(76)88-67(60-83-70(75)55-49-43-37-30-27-24-25-28-34-40-46-52-64(4)5)62-86-90(78,79)84-58-66(73)59-85-91(80,81)87-63-68(61-82-69(74)54-48-42-36-29-19-17-15-13-11-8-2)89-72(77)57-51-45-39-33-32-35-41-47-53-65(6)9-3/h64-68,73H,7-63H2,1-6H3,(H,78,79)(H,80,81)/t65?,66-,67-,68-/m1/s1. The summed E-state index contributed by atoms with van der Waals surface area (Å²) in [5.74, 6) is -0.580. The van der Waals surface area contributed by atoms with Gasteiger partial charge in [-0.2, -0.15) is 0 Å². The summed E-state index contributed by atoms with van der Waals surface area (Å²) in [7, 11) is -9.90. The molecule has 3 unspecified atom stereocenters. The molecule has 0 fully saturated rings. The van der Waals surface area contributed by atoms with E-state index in [0.29, 0.717) is 25.7 Å². The summed E-state index contributed by atoms with van der Waals surface area (Å²) >= 11 is 0. The third-order valence-corrected chi connectivity index (χ3v) is 19.0. The van der Waals surface area contributed by atoms with E-state index in [0.717, 1.165) is 102 Å². The van der Waals surface area contributed by atoms with Crippen molar-refractivity contribution in [3.05, 3.63) is 0 Å². The van der Waals surface area contributed by atoms with Crippen molar-refractivity contribution in [3.8, 4) is 0 Å². The third kappa shape index (κ3) is 65.1. The molecule has 0 radical (unpaired) electrons. The molecule has 0 bridgehead atoms. The van der Waals surface area contributed by atoms with E-state index in [1.807, 2.05) is 0 Å². The molecule has 540 valence electrons. The second kappa shape index (κ2) is 64.1. The lowest BCUT2D eigenvalue weighted by Crippen LogP contribution is -2.30. The zero-order valence-corrected chi connectivity index (χ0v) is 60.9. The minimum atomic E-state index is -4.95. The summed E-state index contributed by atoms with van der Waals surface area (Å²) in [6.07, 6.45) is 49.8. The third-order valence-electron chi connectivity index (χ3n) is 17.1. The highest BCUT2D eigenvalue weighted by molar-refractivity contribution is 7.47. The van der Waals surface area contributed by atoms with Crippen molar-refractivity contribution >= 4 is 39.5 Å². The maximum Gasteiger partial charge on any atom is 0.472 e. The van der Waals surface area contributed by atoms with Gasteiger partial charge in [-0.3, -0.25) is 37.3 Å². The topological polar surface area (TPSA) is 237 Å². The van der Waals surface area contributed by atoms with Crippen LogP contribution in [0.4, 0.5) is 0 Å². The largest absolute Gasteiger partial charge is 0.472 e. The molecular weight excluding hydrogens is 1200 g/mol. The van der Waals surface area contributed by atoms with Gasteiger partial charge in [0.05, 0.1) is 26.4 Å². The summed E-state index contributed by atoms with van der Waals surface area (Å²) < 4.78 is 68.4. The fraction of sp³-hybridized carbons (Fsp3) is 0.944. The van der Waals surface area contributed by atoms with Crippen molar-refractivity contribution in [1.82, 2.24) is 0 Å². The lowest BCUT2D eigenvalue weighted by Gasteiger charge is -2.21. The van der Waals surface area contributed by atoms with Crippen LogP contribution in [0.1, 0.15) is 369 Å². The molecule has 0 aromatic heterocycles. The Labute approximate surface area is 556 Å². The van der Waals surface area contributed by atoms with Gasteiger partial charge in [0.25, 0.3) is 0 Å². The number of carbonyl (C=O) groups is 4. The van der Waals surface area contributed by atoms with Gasteiger partial charge in [0, 0.05) is 25.7 Å². The molecular formula is C72H140O17P2. The number of aliphatic hydroxyl groups is 1. The first-order valence-electron chi connectivity index (χ1n) is 37.5. The first kappa shape index (κ1) is 89.1. The molecule has 0 rings (SSSR count).